The minimum Gasteiger partial charge on any atom is -0.507 e. The summed E-state index contributed by atoms with van der Waals surface area (Å²) in [5, 5.41) is 50.0. The molecular formula is C34H36ClN3O10. The predicted octanol–water partition coefficient (Wildman–Crippen LogP) is 2.67. The summed E-state index contributed by atoms with van der Waals surface area (Å²) in [4.78, 5) is 40.4. The molecule has 48 heavy (non-hydrogen) atoms. The lowest BCUT2D eigenvalue weighted by Crippen LogP contribution is -2.52. The van der Waals surface area contributed by atoms with Gasteiger partial charge in [0.2, 0.25) is 5.78 Å². The van der Waals surface area contributed by atoms with Gasteiger partial charge in [-0.25, -0.2) is 5.43 Å². The number of ketones is 2. The molecule has 1 amide bonds. The van der Waals surface area contributed by atoms with Crippen LogP contribution in [0.15, 0.2) is 53.6 Å². The van der Waals surface area contributed by atoms with Crippen LogP contribution < -0.4 is 15.9 Å². The van der Waals surface area contributed by atoms with E-state index in [0.29, 0.717) is 5.56 Å². The zero-order chi connectivity index (χ0) is 33.8. The molecule has 6 atom stereocenters. The van der Waals surface area contributed by atoms with E-state index < -0.39 is 76.3 Å². The quantitative estimate of drug-likeness (QED) is 0.0990. The third-order valence-electron chi connectivity index (χ3n) is 9.18. The van der Waals surface area contributed by atoms with Gasteiger partial charge in [0.25, 0.3) is 5.91 Å². The third kappa shape index (κ3) is 5.82. The molecule has 1 aliphatic heterocycles. The summed E-state index contributed by atoms with van der Waals surface area (Å²) in [7, 11) is 1.34. The van der Waals surface area contributed by atoms with E-state index in [0.717, 1.165) is 0 Å². The molecule has 6 unspecified atom stereocenters. The van der Waals surface area contributed by atoms with E-state index in [2.05, 4.69) is 10.5 Å². The molecule has 2 aliphatic carbocycles. The first-order chi connectivity index (χ1) is 22.4. The van der Waals surface area contributed by atoms with Crippen LogP contribution in [0.1, 0.15) is 86.1 Å². The topological polar surface area (TPSA) is 210 Å². The van der Waals surface area contributed by atoms with Crippen molar-refractivity contribution in [3.05, 3.63) is 87.5 Å². The van der Waals surface area contributed by atoms with E-state index in [1.54, 1.807) is 37.3 Å². The van der Waals surface area contributed by atoms with Crippen molar-refractivity contribution < 1.29 is 49.0 Å². The Bertz CT molecular complexity index is 1800. The fraction of sp³-hybridized carbons (Fsp3) is 0.353. The molecule has 254 valence electrons. The maximum Gasteiger partial charge on any atom is 0.271 e. The Morgan fingerprint density at radius 3 is 2.40 bits per heavy atom. The summed E-state index contributed by atoms with van der Waals surface area (Å²) in [6, 6.07) is 12.1. The highest BCUT2D eigenvalue weighted by atomic mass is 35.5. The van der Waals surface area contributed by atoms with Crippen LogP contribution >= 0.6 is 12.4 Å². The number of hydrogen-bond donors (Lipinski definition) is 6. The molecule has 1 fully saturated rings. The molecule has 1 heterocycles. The van der Waals surface area contributed by atoms with Gasteiger partial charge in [-0.2, -0.15) is 5.10 Å². The number of rotatable bonds is 6. The van der Waals surface area contributed by atoms with E-state index in [1.807, 2.05) is 0 Å². The van der Waals surface area contributed by atoms with Crippen molar-refractivity contribution in [1.82, 2.24) is 5.43 Å². The molecule has 13 nitrogen and oxygen atoms in total. The summed E-state index contributed by atoms with van der Waals surface area (Å²) >= 11 is 0. The van der Waals surface area contributed by atoms with Crippen LogP contribution in [0.4, 0.5) is 0 Å². The van der Waals surface area contributed by atoms with Gasteiger partial charge in [0.1, 0.15) is 22.8 Å². The number of phenolic OH excluding ortho intramolecular Hbond substituents is 2. The maximum atomic E-state index is 13.9. The number of nitrogens with zero attached hydrogens (tertiary/aromatic N) is 1. The van der Waals surface area contributed by atoms with Gasteiger partial charge in [0.15, 0.2) is 12.1 Å². The first kappa shape index (κ1) is 35.0. The number of aliphatic hydroxyl groups excluding tert-OH is 1. The van der Waals surface area contributed by atoms with Crippen LogP contribution in [0.25, 0.3) is 0 Å². The molecule has 6 rings (SSSR count). The number of benzene rings is 3. The van der Waals surface area contributed by atoms with Crippen LogP contribution in [0.2, 0.25) is 0 Å². The number of hydrogen-bond acceptors (Lipinski definition) is 12. The van der Waals surface area contributed by atoms with Crippen LogP contribution in [0.5, 0.6) is 17.2 Å². The number of aromatic hydroxyl groups is 2. The van der Waals surface area contributed by atoms with E-state index in [4.69, 9.17) is 19.9 Å². The normalized spacial score (nSPS) is 26.5. The Balaban J connectivity index is 0.00000451. The average Bonchev–Trinajstić information content (AvgIpc) is 3.06. The van der Waals surface area contributed by atoms with Gasteiger partial charge < -0.3 is 40.4 Å². The zero-order valence-electron chi connectivity index (χ0n) is 26.3. The molecule has 3 aromatic carbocycles. The summed E-state index contributed by atoms with van der Waals surface area (Å²) in [5.74, 6) is -3.08. The Morgan fingerprint density at radius 2 is 1.73 bits per heavy atom. The van der Waals surface area contributed by atoms with E-state index in [9.17, 15) is 34.8 Å². The molecule has 7 N–H and O–H groups in total. The van der Waals surface area contributed by atoms with Crippen LogP contribution in [0.3, 0.4) is 0 Å². The fourth-order valence-corrected chi connectivity index (χ4v) is 6.56. The summed E-state index contributed by atoms with van der Waals surface area (Å²) in [5.41, 5.74) is 6.04. The average molecular weight is 682 g/mol. The van der Waals surface area contributed by atoms with Gasteiger partial charge in [-0.3, -0.25) is 14.4 Å². The fourth-order valence-electron chi connectivity index (χ4n) is 6.56. The lowest BCUT2D eigenvalue weighted by Gasteiger charge is -2.42. The second kappa shape index (κ2) is 13.3. The van der Waals surface area contributed by atoms with Crippen LogP contribution in [0, 0.1) is 0 Å². The zero-order valence-corrected chi connectivity index (χ0v) is 27.1. The summed E-state index contributed by atoms with van der Waals surface area (Å²) in [6.45, 7) is 3.09. The number of halogens is 1. The van der Waals surface area contributed by atoms with Crippen molar-refractivity contribution in [2.24, 2.45) is 10.8 Å². The molecule has 0 spiro atoms. The molecule has 3 aliphatic rings. The Labute approximate surface area is 281 Å². The highest BCUT2D eigenvalue weighted by Gasteiger charge is 2.49. The van der Waals surface area contributed by atoms with E-state index in [-0.39, 0.29) is 65.4 Å². The summed E-state index contributed by atoms with van der Waals surface area (Å²) in [6.07, 6.45) is -4.51. The third-order valence-corrected chi connectivity index (χ3v) is 9.18. The minimum absolute atomic E-state index is 0. The SMILES string of the molecule is COc1cccc2c1C(=O)c1c(O)c3c(c(O)c1C2=O)CC(O)(C(C)=NNC(=O)c1ccccc1)CC3OC1CC(N)C(O)C(C)O1.Cl. The van der Waals surface area contributed by atoms with Gasteiger partial charge in [-0.15, -0.1) is 12.4 Å². The van der Waals surface area contributed by atoms with Gasteiger partial charge in [-0.1, -0.05) is 30.3 Å². The number of phenols is 2. The Hall–Kier alpha value is -4.37. The molecule has 0 bridgehead atoms. The lowest BCUT2D eigenvalue weighted by atomic mass is 9.71. The van der Waals surface area contributed by atoms with E-state index >= 15 is 0 Å². The smallest absolute Gasteiger partial charge is 0.271 e. The molecule has 1 saturated heterocycles. The second-order valence-corrected chi connectivity index (χ2v) is 12.1. The molecule has 14 heteroatoms. The number of nitrogens with one attached hydrogen (secondary N) is 1. The van der Waals surface area contributed by atoms with Gasteiger partial charge in [-0.05, 0) is 32.0 Å². The molecule has 0 radical (unpaired) electrons. The molecule has 3 aromatic rings. The van der Waals surface area contributed by atoms with Crippen molar-refractivity contribution in [2.75, 3.05) is 7.11 Å². The monoisotopic (exact) mass is 681 g/mol. The Morgan fingerprint density at radius 1 is 1.04 bits per heavy atom. The van der Waals surface area contributed by atoms with Crippen molar-refractivity contribution in [1.29, 1.82) is 0 Å². The summed E-state index contributed by atoms with van der Waals surface area (Å²) < 4.78 is 17.5. The van der Waals surface area contributed by atoms with Gasteiger partial charge in [0.05, 0.1) is 47.8 Å². The van der Waals surface area contributed by atoms with Gasteiger partial charge >= 0.3 is 0 Å². The first-order valence-corrected chi connectivity index (χ1v) is 15.1. The van der Waals surface area contributed by atoms with Crippen molar-refractivity contribution in [3.8, 4) is 17.2 Å². The van der Waals surface area contributed by atoms with Crippen LogP contribution in [-0.2, 0) is 15.9 Å². The number of carbonyl (C=O) groups is 3. The van der Waals surface area contributed by atoms with Crippen molar-refractivity contribution in [3.63, 3.8) is 0 Å². The number of ether oxygens (including phenoxy) is 3. The molecule has 0 aromatic heterocycles. The van der Waals surface area contributed by atoms with Crippen LogP contribution in [-0.4, -0.2) is 80.9 Å². The standard InChI is InChI=1S/C34H35N3O10.ClH/c1-15-28(38)20(35)12-23(46-15)47-22-14-34(44,16(2)36-37-33(43)17-8-5-4-6-9-17)13-19-25(22)32(42)27-26(30(19)40)29(39)18-10-7-11-21(45-3)24(18)31(27)41;/h4-11,15,20,22-23,28,38,40,42,44H,12-14,35H2,1-3H3,(H,37,43);1H. The first-order valence-electron chi connectivity index (χ1n) is 15.1. The predicted molar refractivity (Wildman–Crippen MR) is 174 cm³/mol. The van der Waals surface area contributed by atoms with E-state index in [1.165, 1.54) is 32.2 Å². The van der Waals surface area contributed by atoms with Gasteiger partial charge in [0, 0.05) is 47.6 Å². The number of aliphatic hydroxyl groups is 2. The number of carbonyl (C=O) groups excluding carboxylic acids is 3. The number of nitrogens with two attached hydrogens (primary N) is 1. The highest BCUT2D eigenvalue weighted by Crippen LogP contribution is 2.52. The molecule has 0 saturated carbocycles. The van der Waals surface area contributed by atoms with Crippen molar-refractivity contribution in [2.45, 2.75) is 69.4 Å². The highest BCUT2D eigenvalue weighted by molar-refractivity contribution is 6.31. The molecular weight excluding hydrogens is 646 g/mol. The number of fused-ring (bicyclic) bond motifs is 3. The largest absolute Gasteiger partial charge is 0.507 e. The minimum atomic E-state index is -1.88. The Kier molecular flexibility index (Phi) is 9.66. The number of amides is 1. The number of hydrazone groups is 1. The van der Waals surface area contributed by atoms with Crippen molar-refractivity contribution >= 4 is 35.6 Å². The second-order valence-electron chi connectivity index (χ2n) is 12.1. The lowest BCUT2D eigenvalue weighted by molar-refractivity contribution is -0.245. The maximum absolute atomic E-state index is 13.9. The number of methoxy groups -OCH3 is 1.